The third-order valence-corrected chi connectivity index (χ3v) is 3.94. The number of carbonyl (C=O) groups excluding carboxylic acids is 3. The van der Waals surface area contributed by atoms with Crippen LogP contribution in [-0.4, -0.2) is 31.4 Å². The summed E-state index contributed by atoms with van der Waals surface area (Å²) in [6.45, 7) is 1.79. The first kappa shape index (κ1) is 23.7. The van der Waals surface area contributed by atoms with Crippen molar-refractivity contribution < 1.29 is 53.8 Å². The molecule has 2 N–H and O–H groups in total. The van der Waals surface area contributed by atoms with E-state index in [9.17, 15) is 19.5 Å². The van der Waals surface area contributed by atoms with E-state index in [4.69, 9.17) is 4.74 Å². The number of rotatable bonds is 8. The maximum Gasteiger partial charge on any atom is 1.00 e. The summed E-state index contributed by atoms with van der Waals surface area (Å²) in [5.74, 6) is -2.54. The molecule has 0 saturated carbocycles. The Labute approximate surface area is 185 Å². The number of hydrogen-bond acceptors (Lipinski definition) is 5. The van der Waals surface area contributed by atoms with Gasteiger partial charge in [0.1, 0.15) is 5.75 Å². The number of amides is 2. The third kappa shape index (κ3) is 7.34. The SMILES string of the molecule is CNC(=O)COc1ccc(NC(=O)CC(C(=O)[O-])c2ccc(C)cc2)cc1.[Na+]. The van der Waals surface area contributed by atoms with E-state index < -0.39 is 17.8 Å². The molecule has 0 heterocycles. The van der Waals surface area contributed by atoms with Crippen LogP contribution in [0.1, 0.15) is 23.5 Å². The molecule has 2 aromatic carbocycles. The average molecular weight is 392 g/mol. The summed E-state index contributed by atoms with van der Waals surface area (Å²) in [5, 5.41) is 16.5. The van der Waals surface area contributed by atoms with Crippen LogP contribution in [0.2, 0.25) is 0 Å². The molecule has 1 atom stereocenters. The molecule has 0 radical (unpaired) electrons. The standard InChI is InChI=1S/C20H22N2O5.Na/c1-13-3-5-14(6-4-13)17(20(25)26)11-18(23)22-15-7-9-16(10-8-15)27-12-19(24)21-2;/h3-10,17H,11-12H2,1-2H3,(H,21,24)(H,22,23)(H,25,26);/q;+1/p-1. The molecule has 1 unspecified atom stereocenters. The minimum atomic E-state index is -1.30. The molecule has 7 nitrogen and oxygen atoms in total. The van der Waals surface area contributed by atoms with Gasteiger partial charge >= 0.3 is 29.6 Å². The van der Waals surface area contributed by atoms with Crippen LogP contribution in [0.15, 0.2) is 48.5 Å². The maximum absolute atomic E-state index is 12.2. The van der Waals surface area contributed by atoms with Gasteiger partial charge in [0.2, 0.25) is 5.91 Å². The molecular weight excluding hydrogens is 371 g/mol. The smallest absolute Gasteiger partial charge is 0.549 e. The zero-order valence-electron chi connectivity index (χ0n) is 16.2. The molecule has 0 aliphatic rings. The molecule has 0 aromatic heterocycles. The van der Waals surface area contributed by atoms with Crippen LogP contribution >= 0.6 is 0 Å². The van der Waals surface area contributed by atoms with Crippen molar-refractivity contribution in [1.29, 1.82) is 0 Å². The van der Waals surface area contributed by atoms with Crippen molar-refractivity contribution in [1.82, 2.24) is 5.32 Å². The summed E-state index contributed by atoms with van der Waals surface area (Å²) < 4.78 is 5.27. The molecule has 2 aromatic rings. The topological polar surface area (TPSA) is 108 Å². The van der Waals surface area contributed by atoms with E-state index in [1.54, 1.807) is 48.5 Å². The fourth-order valence-electron chi connectivity index (χ4n) is 2.39. The van der Waals surface area contributed by atoms with Gasteiger partial charge in [-0.2, -0.15) is 0 Å². The monoisotopic (exact) mass is 392 g/mol. The number of aryl methyl sites for hydroxylation is 1. The molecule has 0 bridgehead atoms. The van der Waals surface area contributed by atoms with Gasteiger partial charge in [-0.05, 0) is 36.8 Å². The summed E-state index contributed by atoms with van der Waals surface area (Å²) in [6.07, 6.45) is -0.236. The molecule has 0 saturated heterocycles. The minimum absolute atomic E-state index is 0. The number of carboxylic acid groups (broad SMARTS) is 1. The van der Waals surface area contributed by atoms with Gasteiger partial charge in [-0.15, -0.1) is 0 Å². The van der Waals surface area contributed by atoms with E-state index in [1.807, 2.05) is 6.92 Å². The summed E-state index contributed by atoms with van der Waals surface area (Å²) >= 11 is 0. The van der Waals surface area contributed by atoms with Crippen molar-refractivity contribution in [2.24, 2.45) is 0 Å². The Hall–Kier alpha value is -2.35. The quantitative estimate of drug-likeness (QED) is 0.505. The molecule has 0 spiro atoms. The first-order valence-electron chi connectivity index (χ1n) is 8.39. The fraction of sp³-hybridized carbons (Fsp3) is 0.250. The second-order valence-electron chi connectivity index (χ2n) is 6.02. The predicted octanol–water partition coefficient (Wildman–Crippen LogP) is -2.01. The number of likely N-dealkylation sites (N-methyl/N-ethyl adjacent to an activating group) is 1. The molecule has 8 heteroatoms. The van der Waals surface area contributed by atoms with Crippen molar-refractivity contribution >= 4 is 23.5 Å². The fourth-order valence-corrected chi connectivity index (χ4v) is 2.39. The second-order valence-corrected chi connectivity index (χ2v) is 6.02. The van der Waals surface area contributed by atoms with E-state index in [1.165, 1.54) is 7.05 Å². The Kier molecular flexibility index (Phi) is 9.72. The van der Waals surface area contributed by atoms with E-state index in [2.05, 4.69) is 10.6 Å². The van der Waals surface area contributed by atoms with Crippen molar-refractivity contribution in [2.75, 3.05) is 19.0 Å². The van der Waals surface area contributed by atoms with Gasteiger partial charge in [0, 0.05) is 31.0 Å². The number of anilines is 1. The van der Waals surface area contributed by atoms with Gasteiger partial charge < -0.3 is 25.3 Å². The molecule has 28 heavy (non-hydrogen) atoms. The van der Waals surface area contributed by atoms with Crippen molar-refractivity contribution in [3.63, 3.8) is 0 Å². The van der Waals surface area contributed by atoms with Crippen molar-refractivity contribution in [3.05, 3.63) is 59.7 Å². The molecule has 2 amide bonds. The van der Waals surface area contributed by atoms with E-state index >= 15 is 0 Å². The molecule has 0 aliphatic carbocycles. The minimum Gasteiger partial charge on any atom is -0.549 e. The summed E-state index contributed by atoms with van der Waals surface area (Å²) in [7, 11) is 1.51. The van der Waals surface area contributed by atoms with Gasteiger partial charge in [0.15, 0.2) is 6.61 Å². The van der Waals surface area contributed by atoms with E-state index in [-0.39, 0.29) is 48.5 Å². The third-order valence-electron chi connectivity index (χ3n) is 3.94. The van der Waals surface area contributed by atoms with Crippen molar-refractivity contribution in [3.8, 4) is 5.75 Å². The largest absolute Gasteiger partial charge is 1.00 e. The first-order valence-corrected chi connectivity index (χ1v) is 8.39. The Morgan fingerprint density at radius 1 is 1.00 bits per heavy atom. The number of ether oxygens (including phenoxy) is 1. The molecular formula is C20H21N2NaO5. The normalized spacial score (nSPS) is 10.9. The van der Waals surface area contributed by atoms with E-state index in [0.717, 1.165) is 5.56 Å². The van der Waals surface area contributed by atoms with Crippen LogP contribution in [0.25, 0.3) is 0 Å². The van der Waals surface area contributed by atoms with Gasteiger partial charge in [-0.1, -0.05) is 29.8 Å². The number of hydrogen-bond donors (Lipinski definition) is 2. The summed E-state index contributed by atoms with van der Waals surface area (Å²) in [6, 6.07) is 13.4. The molecule has 0 aliphatic heterocycles. The number of nitrogens with one attached hydrogen (secondary N) is 2. The Morgan fingerprint density at radius 3 is 2.14 bits per heavy atom. The van der Waals surface area contributed by atoms with Crippen LogP contribution in [0.3, 0.4) is 0 Å². The van der Waals surface area contributed by atoms with Crippen LogP contribution in [0, 0.1) is 6.92 Å². The molecule has 2 rings (SSSR count). The summed E-state index contributed by atoms with van der Waals surface area (Å²) in [4.78, 5) is 34.8. The van der Waals surface area contributed by atoms with Gasteiger partial charge in [-0.3, -0.25) is 9.59 Å². The predicted molar refractivity (Wildman–Crippen MR) is 98.2 cm³/mol. The number of carboxylic acids is 1. The first-order chi connectivity index (χ1) is 12.9. The maximum atomic E-state index is 12.2. The second kappa shape index (κ2) is 11.5. The van der Waals surface area contributed by atoms with Crippen LogP contribution < -0.4 is 50.0 Å². The number of carbonyl (C=O) groups is 3. The zero-order valence-corrected chi connectivity index (χ0v) is 18.2. The molecule has 142 valence electrons. The average Bonchev–Trinajstić information content (AvgIpc) is 2.66. The van der Waals surface area contributed by atoms with Crippen LogP contribution in [0.4, 0.5) is 5.69 Å². The van der Waals surface area contributed by atoms with Gasteiger partial charge in [-0.25, -0.2) is 0 Å². The molecule has 0 fully saturated rings. The Balaban J connectivity index is 0.00000392. The van der Waals surface area contributed by atoms with E-state index in [0.29, 0.717) is 17.0 Å². The van der Waals surface area contributed by atoms with Crippen LogP contribution in [0.5, 0.6) is 5.75 Å². The van der Waals surface area contributed by atoms with Crippen molar-refractivity contribution in [2.45, 2.75) is 19.3 Å². The summed E-state index contributed by atoms with van der Waals surface area (Å²) in [5.41, 5.74) is 2.01. The zero-order chi connectivity index (χ0) is 19.8. The number of benzene rings is 2. The van der Waals surface area contributed by atoms with Crippen LogP contribution in [-0.2, 0) is 14.4 Å². The Morgan fingerprint density at radius 2 is 1.61 bits per heavy atom. The number of aliphatic carboxylic acids is 1. The Bertz CT molecular complexity index is 806. The van der Waals surface area contributed by atoms with Gasteiger partial charge in [0.25, 0.3) is 5.91 Å². The van der Waals surface area contributed by atoms with Gasteiger partial charge in [0.05, 0.1) is 0 Å².